The first-order chi connectivity index (χ1) is 6.24. The minimum Gasteiger partial charge on any atom is -0.396 e. The third kappa shape index (κ3) is 3.35. The predicted octanol–water partition coefficient (Wildman–Crippen LogP) is 3.21. The lowest BCUT2D eigenvalue weighted by molar-refractivity contribution is 0.288. The van der Waals surface area contributed by atoms with Crippen LogP contribution in [-0.2, 0) is 0 Å². The summed E-state index contributed by atoms with van der Waals surface area (Å²) in [6.45, 7) is 4.73. The Balaban J connectivity index is 2.50. The molecule has 1 aliphatic rings. The molecule has 0 aromatic rings. The highest BCUT2D eigenvalue weighted by Crippen LogP contribution is 2.26. The van der Waals surface area contributed by atoms with Crippen molar-refractivity contribution < 1.29 is 5.11 Å². The van der Waals surface area contributed by atoms with Gasteiger partial charge in [0.2, 0.25) is 0 Å². The average Bonchev–Trinajstić information content (AvgIpc) is 2.15. The number of aliphatic hydroxyl groups is 1. The normalized spacial score (nSPS) is 21.3. The van der Waals surface area contributed by atoms with Crippen molar-refractivity contribution in [2.45, 2.75) is 46.0 Å². The van der Waals surface area contributed by atoms with Crippen molar-refractivity contribution in [3.05, 3.63) is 22.8 Å². The first-order valence-corrected chi connectivity index (χ1v) is 5.18. The molecule has 0 unspecified atom stereocenters. The predicted molar refractivity (Wildman–Crippen MR) is 56.6 cm³/mol. The topological polar surface area (TPSA) is 20.2 Å². The smallest absolute Gasteiger partial charge is 0.0434 e. The molecule has 1 N–H and O–H groups in total. The van der Waals surface area contributed by atoms with E-state index in [9.17, 15) is 0 Å². The molecule has 0 atom stereocenters. The molecule has 0 spiro atoms. The fourth-order valence-corrected chi connectivity index (χ4v) is 1.76. The van der Waals surface area contributed by atoms with E-state index in [1.807, 2.05) is 0 Å². The average molecular weight is 180 g/mol. The molecule has 1 aliphatic carbocycles. The highest BCUT2D eigenvalue weighted by atomic mass is 16.2. The van der Waals surface area contributed by atoms with Crippen LogP contribution in [0.3, 0.4) is 0 Å². The van der Waals surface area contributed by atoms with Gasteiger partial charge >= 0.3 is 0 Å². The number of rotatable bonds is 3. The van der Waals surface area contributed by atoms with E-state index in [1.54, 1.807) is 5.57 Å². The Morgan fingerprint density at radius 2 is 2.23 bits per heavy atom. The molecule has 74 valence electrons. The summed E-state index contributed by atoms with van der Waals surface area (Å²) >= 11 is 0. The molecule has 0 bridgehead atoms. The minimum absolute atomic E-state index is 0.319. The second kappa shape index (κ2) is 5.23. The summed E-state index contributed by atoms with van der Waals surface area (Å²) in [6.07, 6.45) is 7.92. The Hall–Kier alpha value is -0.560. The van der Waals surface area contributed by atoms with Crippen LogP contribution >= 0.6 is 0 Å². The van der Waals surface area contributed by atoms with E-state index in [1.165, 1.54) is 24.0 Å². The molecule has 0 aromatic heterocycles. The van der Waals surface area contributed by atoms with E-state index in [0.717, 1.165) is 19.3 Å². The molecule has 13 heavy (non-hydrogen) atoms. The van der Waals surface area contributed by atoms with Gasteiger partial charge in [-0.05, 0) is 46.0 Å². The van der Waals surface area contributed by atoms with Gasteiger partial charge in [-0.2, -0.15) is 0 Å². The molecular formula is C12H20O. The number of aliphatic hydroxyl groups excluding tert-OH is 1. The quantitative estimate of drug-likeness (QED) is 0.661. The van der Waals surface area contributed by atoms with E-state index in [-0.39, 0.29) is 0 Å². The van der Waals surface area contributed by atoms with Crippen LogP contribution in [0.5, 0.6) is 0 Å². The van der Waals surface area contributed by atoms with Crippen molar-refractivity contribution in [2.24, 2.45) is 0 Å². The van der Waals surface area contributed by atoms with Crippen molar-refractivity contribution >= 4 is 0 Å². The molecule has 0 heterocycles. The molecular weight excluding hydrogens is 160 g/mol. The van der Waals surface area contributed by atoms with Crippen LogP contribution in [0.25, 0.3) is 0 Å². The van der Waals surface area contributed by atoms with Crippen LogP contribution in [0.4, 0.5) is 0 Å². The van der Waals surface area contributed by atoms with E-state index >= 15 is 0 Å². The van der Waals surface area contributed by atoms with Gasteiger partial charge in [0.15, 0.2) is 0 Å². The summed E-state index contributed by atoms with van der Waals surface area (Å²) in [5, 5.41) is 8.72. The molecule has 0 fully saturated rings. The second-order valence-electron chi connectivity index (χ2n) is 3.97. The van der Waals surface area contributed by atoms with Gasteiger partial charge in [-0.25, -0.2) is 0 Å². The Kier molecular flexibility index (Phi) is 4.23. The summed E-state index contributed by atoms with van der Waals surface area (Å²) in [5.74, 6) is 0. The van der Waals surface area contributed by atoms with E-state index in [4.69, 9.17) is 5.11 Å². The third-order valence-corrected chi connectivity index (χ3v) is 2.83. The molecule has 0 aliphatic heterocycles. The zero-order chi connectivity index (χ0) is 9.68. The van der Waals surface area contributed by atoms with E-state index in [2.05, 4.69) is 19.9 Å². The van der Waals surface area contributed by atoms with Crippen molar-refractivity contribution in [3.8, 4) is 0 Å². The monoisotopic (exact) mass is 180 g/mol. The van der Waals surface area contributed by atoms with Crippen LogP contribution in [0, 0.1) is 0 Å². The zero-order valence-electron chi connectivity index (χ0n) is 8.77. The Morgan fingerprint density at radius 1 is 1.46 bits per heavy atom. The standard InChI is InChI=1S/C12H20O/c1-10-5-7-12(8-6-10)11(2)4-3-9-13/h5,13H,3-4,6-9H2,1-2H3. The van der Waals surface area contributed by atoms with Crippen LogP contribution in [0.1, 0.15) is 46.0 Å². The van der Waals surface area contributed by atoms with Gasteiger partial charge in [-0.3, -0.25) is 0 Å². The molecule has 0 saturated carbocycles. The number of hydrogen-bond acceptors (Lipinski definition) is 1. The van der Waals surface area contributed by atoms with E-state index < -0.39 is 0 Å². The van der Waals surface area contributed by atoms with Gasteiger partial charge in [0.1, 0.15) is 0 Å². The third-order valence-electron chi connectivity index (χ3n) is 2.83. The van der Waals surface area contributed by atoms with Gasteiger partial charge in [-0.1, -0.05) is 22.8 Å². The van der Waals surface area contributed by atoms with Crippen molar-refractivity contribution in [3.63, 3.8) is 0 Å². The zero-order valence-corrected chi connectivity index (χ0v) is 8.77. The Morgan fingerprint density at radius 3 is 2.77 bits per heavy atom. The van der Waals surface area contributed by atoms with Crippen LogP contribution in [-0.4, -0.2) is 11.7 Å². The molecule has 0 saturated heterocycles. The summed E-state index contributed by atoms with van der Waals surface area (Å²) in [7, 11) is 0. The maximum absolute atomic E-state index is 8.72. The maximum atomic E-state index is 8.72. The summed E-state index contributed by atoms with van der Waals surface area (Å²) < 4.78 is 0. The van der Waals surface area contributed by atoms with Gasteiger partial charge in [0.05, 0.1) is 0 Å². The number of hydrogen-bond donors (Lipinski definition) is 1. The lowest BCUT2D eigenvalue weighted by atomic mass is 9.91. The lowest BCUT2D eigenvalue weighted by Gasteiger charge is -2.15. The Labute approximate surface area is 81.2 Å². The molecule has 1 heteroatoms. The summed E-state index contributed by atoms with van der Waals surface area (Å²) in [4.78, 5) is 0. The van der Waals surface area contributed by atoms with Crippen LogP contribution in [0.2, 0.25) is 0 Å². The van der Waals surface area contributed by atoms with Crippen molar-refractivity contribution in [1.82, 2.24) is 0 Å². The Bertz CT molecular complexity index is 223. The minimum atomic E-state index is 0.319. The largest absolute Gasteiger partial charge is 0.396 e. The van der Waals surface area contributed by atoms with Gasteiger partial charge in [0.25, 0.3) is 0 Å². The summed E-state index contributed by atoms with van der Waals surface area (Å²) in [5.41, 5.74) is 4.62. The van der Waals surface area contributed by atoms with Crippen LogP contribution in [0.15, 0.2) is 22.8 Å². The summed E-state index contributed by atoms with van der Waals surface area (Å²) in [6, 6.07) is 0. The van der Waals surface area contributed by atoms with Crippen molar-refractivity contribution in [1.29, 1.82) is 0 Å². The number of allylic oxidation sites excluding steroid dienone is 4. The maximum Gasteiger partial charge on any atom is 0.0434 e. The second-order valence-corrected chi connectivity index (χ2v) is 3.97. The molecule has 1 rings (SSSR count). The first kappa shape index (κ1) is 10.5. The fraction of sp³-hybridized carbons (Fsp3) is 0.667. The lowest BCUT2D eigenvalue weighted by Crippen LogP contribution is -1.96. The van der Waals surface area contributed by atoms with Gasteiger partial charge < -0.3 is 5.11 Å². The van der Waals surface area contributed by atoms with Crippen molar-refractivity contribution in [2.75, 3.05) is 6.61 Å². The fourth-order valence-electron chi connectivity index (χ4n) is 1.76. The van der Waals surface area contributed by atoms with E-state index in [0.29, 0.717) is 6.61 Å². The molecule has 1 nitrogen and oxygen atoms in total. The molecule has 0 aromatic carbocycles. The molecule has 0 radical (unpaired) electrons. The van der Waals surface area contributed by atoms with Gasteiger partial charge in [-0.15, -0.1) is 0 Å². The SMILES string of the molecule is CC1=CCC(=C(C)CCCO)CC1. The highest BCUT2D eigenvalue weighted by molar-refractivity contribution is 5.22. The highest BCUT2D eigenvalue weighted by Gasteiger charge is 2.06. The molecule has 0 amide bonds. The van der Waals surface area contributed by atoms with Crippen LogP contribution < -0.4 is 0 Å². The first-order valence-electron chi connectivity index (χ1n) is 5.18. The van der Waals surface area contributed by atoms with Gasteiger partial charge in [0, 0.05) is 6.61 Å².